The number of aromatic nitrogens is 3. The van der Waals surface area contributed by atoms with Crippen molar-refractivity contribution in [2.75, 3.05) is 13.2 Å². The predicted octanol–water partition coefficient (Wildman–Crippen LogP) is 0.815. The van der Waals surface area contributed by atoms with Gasteiger partial charge in [0.05, 0.1) is 19.3 Å². The van der Waals surface area contributed by atoms with E-state index in [2.05, 4.69) is 10.1 Å². The van der Waals surface area contributed by atoms with E-state index in [4.69, 9.17) is 4.84 Å². The quantitative estimate of drug-likeness (QED) is 0.730. The number of hydroxylamine groups is 2. The van der Waals surface area contributed by atoms with E-state index in [9.17, 15) is 4.79 Å². The molecule has 0 bridgehead atoms. The van der Waals surface area contributed by atoms with Crippen molar-refractivity contribution >= 4 is 11.6 Å². The molecule has 1 fully saturated rings. The third-order valence-corrected chi connectivity index (χ3v) is 2.72. The van der Waals surface area contributed by atoms with Crippen LogP contribution in [0, 0.1) is 6.92 Å². The summed E-state index contributed by atoms with van der Waals surface area (Å²) in [6.07, 6.45) is 4.20. The van der Waals surface area contributed by atoms with Gasteiger partial charge in [0, 0.05) is 11.9 Å². The average Bonchev–Trinajstić information content (AvgIpc) is 2.97. The molecule has 1 saturated heterocycles. The standard InChI is InChI=1S/C11H12N4O2/c1-8-3-5-14-10(13-8)9(7-12-14)11(16)15-4-2-6-17-15/h3,5,7H,2,4,6H2,1H3. The molecule has 0 spiro atoms. The van der Waals surface area contributed by atoms with E-state index in [0.717, 1.165) is 12.1 Å². The molecule has 6 heteroatoms. The zero-order chi connectivity index (χ0) is 11.8. The number of nitrogens with zero attached hydrogens (tertiary/aromatic N) is 4. The summed E-state index contributed by atoms with van der Waals surface area (Å²) in [7, 11) is 0. The van der Waals surface area contributed by atoms with Crippen LogP contribution in [-0.4, -0.2) is 38.7 Å². The van der Waals surface area contributed by atoms with Gasteiger partial charge >= 0.3 is 0 Å². The van der Waals surface area contributed by atoms with Crippen LogP contribution >= 0.6 is 0 Å². The third-order valence-electron chi connectivity index (χ3n) is 2.72. The van der Waals surface area contributed by atoms with Crippen LogP contribution in [0.5, 0.6) is 0 Å². The molecule has 0 N–H and O–H groups in total. The molecule has 0 unspecified atom stereocenters. The van der Waals surface area contributed by atoms with Crippen molar-refractivity contribution in [1.29, 1.82) is 0 Å². The normalized spacial score (nSPS) is 15.7. The van der Waals surface area contributed by atoms with Crippen molar-refractivity contribution in [3.05, 3.63) is 29.7 Å². The Balaban J connectivity index is 2.04. The molecule has 2 aromatic heterocycles. The Hall–Kier alpha value is -1.95. The van der Waals surface area contributed by atoms with Gasteiger partial charge in [-0.3, -0.25) is 9.63 Å². The van der Waals surface area contributed by atoms with E-state index < -0.39 is 0 Å². The number of carbonyl (C=O) groups is 1. The number of aryl methyl sites for hydroxylation is 1. The van der Waals surface area contributed by atoms with E-state index in [0.29, 0.717) is 24.4 Å². The largest absolute Gasteiger partial charge is 0.282 e. The number of hydrogen-bond donors (Lipinski definition) is 0. The molecule has 0 saturated carbocycles. The van der Waals surface area contributed by atoms with Crippen LogP contribution in [0.1, 0.15) is 22.5 Å². The Morgan fingerprint density at radius 1 is 1.53 bits per heavy atom. The SMILES string of the molecule is Cc1ccn2ncc(C(=O)N3CCCO3)c2n1. The van der Waals surface area contributed by atoms with Crippen molar-refractivity contribution in [3.8, 4) is 0 Å². The summed E-state index contributed by atoms with van der Waals surface area (Å²) in [6.45, 7) is 3.10. The second-order valence-electron chi connectivity index (χ2n) is 3.99. The van der Waals surface area contributed by atoms with Gasteiger partial charge in [-0.25, -0.2) is 14.6 Å². The zero-order valence-corrected chi connectivity index (χ0v) is 9.46. The van der Waals surface area contributed by atoms with Crippen molar-refractivity contribution in [1.82, 2.24) is 19.7 Å². The molecule has 17 heavy (non-hydrogen) atoms. The fourth-order valence-corrected chi connectivity index (χ4v) is 1.85. The molecule has 1 aliphatic rings. The van der Waals surface area contributed by atoms with Crippen LogP contribution in [-0.2, 0) is 4.84 Å². The summed E-state index contributed by atoms with van der Waals surface area (Å²) in [5.74, 6) is -0.171. The summed E-state index contributed by atoms with van der Waals surface area (Å²) in [5, 5.41) is 5.48. The van der Waals surface area contributed by atoms with Crippen LogP contribution < -0.4 is 0 Å². The lowest BCUT2D eigenvalue weighted by molar-refractivity contribution is -0.0767. The lowest BCUT2D eigenvalue weighted by atomic mass is 10.3. The first-order valence-corrected chi connectivity index (χ1v) is 5.51. The minimum atomic E-state index is -0.171. The molecule has 88 valence electrons. The fraction of sp³-hybridized carbons (Fsp3) is 0.364. The Bertz CT molecular complexity index is 572. The van der Waals surface area contributed by atoms with E-state index >= 15 is 0 Å². The number of hydrogen-bond acceptors (Lipinski definition) is 4. The molecule has 2 aromatic rings. The molecule has 0 atom stereocenters. The minimum Gasteiger partial charge on any atom is -0.271 e. The smallest absolute Gasteiger partial charge is 0.271 e. The van der Waals surface area contributed by atoms with Gasteiger partial charge in [-0.1, -0.05) is 0 Å². The maximum Gasteiger partial charge on any atom is 0.282 e. The van der Waals surface area contributed by atoms with Crippen LogP contribution in [0.3, 0.4) is 0 Å². The third kappa shape index (κ3) is 1.66. The highest BCUT2D eigenvalue weighted by Crippen LogP contribution is 2.14. The van der Waals surface area contributed by atoms with Crippen LogP contribution in [0.4, 0.5) is 0 Å². The van der Waals surface area contributed by atoms with E-state index in [1.165, 1.54) is 11.3 Å². The molecular weight excluding hydrogens is 220 g/mol. The van der Waals surface area contributed by atoms with Crippen LogP contribution in [0.25, 0.3) is 5.65 Å². The van der Waals surface area contributed by atoms with Crippen molar-refractivity contribution in [2.45, 2.75) is 13.3 Å². The second kappa shape index (κ2) is 3.81. The van der Waals surface area contributed by atoms with Gasteiger partial charge in [0.25, 0.3) is 5.91 Å². The fourth-order valence-electron chi connectivity index (χ4n) is 1.85. The van der Waals surface area contributed by atoms with Crippen LogP contribution in [0.2, 0.25) is 0 Å². The Morgan fingerprint density at radius 3 is 3.18 bits per heavy atom. The summed E-state index contributed by atoms with van der Waals surface area (Å²) < 4.78 is 1.59. The Morgan fingerprint density at radius 2 is 2.41 bits per heavy atom. The highest BCUT2D eigenvalue weighted by molar-refractivity contribution is 5.99. The molecule has 3 rings (SSSR count). The van der Waals surface area contributed by atoms with E-state index in [1.54, 1.807) is 10.7 Å². The molecule has 6 nitrogen and oxygen atoms in total. The number of fused-ring (bicyclic) bond motifs is 1. The molecule has 1 amide bonds. The predicted molar refractivity (Wildman–Crippen MR) is 59.3 cm³/mol. The Labute approximate surface area is 97.8 Å². The first-order chi connectivity index (χ1) is 8.25. The molecule has 0 aromatic carbocycles. The first kappa shape index (κ1) is 10.2. The van der Waals surface area contributed by atoms with Gasteiger partial charge in [-0.2, -0.15) is 5.10 Å². The monoisotopic (exact) mass is 232 g/mol. The molecule has 0 aliphatic carbocycles. The van der Waals surface area contributed by atoms with Gasteiger partial charge in [0.2, 0.25) is 0 Å². The summed E-state index contributed by atoms with van der Waals surface area (Å²) in [5.41, 5.74) is 1.91. The molecule has 0 radical (unpaired) electrons. The van der Waals surface area contributed by atoms with Crippen molar-refractivity contribution in [3.63, 3.8) is 0 Å². The van der Waals surface area contributed by atoms with Gasteiger partial charge in [0.1, 0.15) is 5.56 Å². The molecule has 1 aliphatic heterocycles. The van der Waals surface area contributed by atoms with E-state index in [-0.39, 0.29) is 5.91 Å². The maximum absolute atomic E-state index is 12.1. The highest BCUT2D eigenvalue weighted by Gasteiger charge is 2.24. The first-order valence-electron chi connectivity index (χ1n) is 5.51. The van der Waals surface area contributed by atoms with Crippen molar-refractivity contribution < 1.29 is 9.63 Å². The lowest BCUT2D eigenvalue weighted by Crippen LogP contribution is -2.26. The summed E-state index contributed by atoms with van der Waals surface area (Å²) in [6, 6.07) is 1.85. The number of carbonyl (C=O) groups excluding carboxylic acids is 1. The topological polar surface area (TPSA) is 59.7 Å². The minimum absolute atomic E-state index is 0.171. The summed E-state index contributed by atoms with van der Waals surface area (Å²) in [4.78, 5) is 21.7. The Kier molecular flexibility index (Phi) is 2.29. The molecule has 3 heterocycles. The molecular formula is C11H12N4O2. The van der Waals surface area contributed by atoms with Gasteiger partial charge in [0.15, 0.2) is 5.65 Å². The van der Waals surface area contributed by atoms with E-state index in [1.807, 2.05) is 13.0 Å². The zero-order valence-electron chi connectivity index (χ0n) is 9.46. The summed E-state index contributed by atoms with van der Waals surface area (Å²) >= 11 is 0. The van der Waals surface area contributed by atoms with Crippen LogP contribution in [0.15, 0.2) is 18.5 Å². The van der Waals surface area contributed by atoms with Gasteiger partial charge < -0.3 is 0 Å². The van der Waals surface area contributed by atoms with Gasteiger partial charge in [-0.15, -0.1) is 0 Å². The number of amides is 1. The second-order valence-corrected chi connectivity index (χ2v) is 3.99. The highest BCUT2D eigenvalue weighted by atomic mass is 16.7. The lowest BCUT2D eigenvalue weighted by Gasteiger charge is -2.12. The maximum atomic E-state index is 12.1. The van der Waals surface area contributed by atoms with Gasteiger partial charge in [-0.05, 0) is 19.4 Å². The number of rotatable bonds is 1. The van der Waals surface area contributed by atoms with Crippen molar-refractivity contribution in [2.24, 2.45) is 0 Å². The average molecular weight is 232 g/mol.